The number of nitrogens with one attached hydrogen (secondary N) is 2. The lowest BCUT2D eigenvalue weighted by Gasteiger charge is -2.15. The van der Waals surface area contributed by atoms with Gasteiger partial charge in [0.15, 0.2) is 0 Å². The van der Waals surface area contributed by atoms with E-state index in [2.05, 4.69) is 15.6 Å². The van der Waals surface area contributed by atoms with Crippen LogP contribution in [0.25, 0.3) is 0 Å². The summed E-state index contributed by atoms with van der Waals surface area (Å²) in [5.41, 5.74) is 0.438. The van der Waals surface area contributed by atoms with Gasteiger partial charge in [-0.1, -0.05) is 25.4 Å². The van der Waals surface area contributed by atoms with Crippen LogP contribution in [0.3, 0.4) is 0 Å². The van der Waals surface area contributed by atoms with Crippen molar-refractivity contribution in [2.24, 2.45) is 5.41 Å². The van der Waals surface area contributed by atoms with Gasteiger partial charge in [-0.2, -0.15) is 0 Å². The first-order chi connectivity index (χ1) is 12.4. The van der Waals surface area contributed by atoms with E-state index in [1.165, 1.54) is 30.5 Å². The first-order valence-corrected chi connectivity index (χ1v) is 8.79. The van der Waals surface area contributed by atoms with Crippen LogP contribution in [0.4, 0.5) is 15.8 Å². The topological polar surface area (TPSA) is 71.1 Å². The summed E-state index contributed by atoms with van der Waals surface area (Å²) >= 11 is 5.99. The van der Waals surface area contributed by atoms with Gasteiger partial charge < -0.3 is 10.6 Å². The zero-order valence-corrected chi connectivity index (χ0v) is 15.7. The fourth-order valence-electron chi connectivity index (χ4n) is 2.29. The fraction of sp³-hybridized carbons (Fsp3) is 0.316. The third-order valence-corrected chi connectivity index (χ3v) is 4.39. The van der Waals surface area contributed by atoms with Crippen molar-refractivity contribution in [3.63, 3.8) is 0 Å². The molecule has 26 heavy (non-hydrogen) atoms. The van der Waals surface area contributed by atoms with E-state index in [0.717, 1.165) is 0 Å². The lowest BCUT2D eigenvalue weighted by Crippen LogP contribution is -2.35. The Bertz CT molecular complexity index is 805. The van der Waals surface area contributed by atoms with Crippen LogP contribution in [0.2, 0.25) is 5.02 Å². The second-order valence-electron chi connectivity index (χ2n) is 5.79. The van der Waals surface area contributed by atoms with E-state index in [9.17, 15) is 14.0 Å². The van der Waals surface area contributed by atoms with Crippen LogP contribution >= 0.6 is 11.6 Å². The minimum absolute atomic E-state index is 0.393. The van der Waals surface area contributed by atoms with Gasteiger partial charge in [-0.15, -0.1) is 0 Å². The van der Waals surface area contributed by atoms with Crippen LogP contribution in [-0.2, 0) is 9.59 Å². The molecule has 3 rings (SSSR count). The predicted molar refractivity (Wildman–Crippen MR) is 101 cm³/mol. The van der Waals surface area contributed by atoms with Gasteiger partial charge in [-0.05, 0) is 50.1 Å². The van der Waals surface area contributed by atoms with Crippen molar-refractivity contribution in [3.8, 4) is 0 Å². The molecule has 2 aromatic rings. The molecule has 2 N–H and O–H groups in total. The average Bonchev–Trinajstić information content (AvgIpc) is 3.44. The van der Waals surface area contributed by atoms with Crippen molar-refractivity contribution in [2.75, 3.05) is 10.6 Å². The minimum atomic E-state index is -1.11. The Morgan fingerprint density at radius 1 is 1.08 bits per heavy atom. The van der Waals surface area contributed by atoms with Crippen LogP contribution in [-0.4, -0.2) is 16.8 Å². The molecule has 138 valence electrons. The summed E-state index contributed by atoms with van der Waals surface area (Å²) in [6.45, 7) is 5.76. The zero-order chi connectivity index (χ0) is 19.3. The van der Waals surface area contributed by atoms with Crippen LogP contribution in [0.1, 0.15) is 32.4 Å². The summed E-state index contributed by atoms with van der Waals surface area (Å²) in [5.74, 6) is -1.20. The number of amides is 2. The van der Waals surface area contributed by atoms with E-state index < -0.39 is 23.0 Å². The van der Waals surface area contributed by atoms with E-state index in [-0.39, 0.29) is 0 Å². The lowest BCUT2D eigenvalue weighted by molar-refractivity contribution is -0.131. The Morgan fingerprint density at radius 3 is 2.12 bits per heavy atom. The number of carbonyl (C=O) groups is 2. The molecule has 1 aromatic heterocycles. The summed E-state index contributed by atoms with van der Waals surface area (Å²) in [6, 6.07) is 6.98. The summed E-state index contributed by atoms with van der Waals surface area (Å²) in [5, 5.41) is 5.77. The van der Waals surface area contributed by atoms with Crippen molar-refractivity contribution in [3.05, 3.63) is 53.1 Å². The standard InChI is InChI=1S/C17H15ClFN3O2.C2H6/c1-10-14(18)8-13(9-20-10)22-16(24)17(6-7-17)15(23)21-12-4-2-11(19)3-5-12;1-2/h2-5,8-9H,6-7H2,1H3,(H,21,23)(H,22,24);1-2H3. The van der Waals surface area contributed by atoms with Gasteiger partial charge in [0.1, 0.15) is 11.2 Å². The summed E-state index contributed by atoms with van der Waals surface area (Å²) in [7, 11) is 0. The largest absolute Gasteiger partial charge is 0.325 e. The van der Waals surface area contributed by atoms with Gasteiger partial charge in [0.05, 0.1) is 22.6 Å². The molecule has 0 bridgehead atoms. The highest BCUT2D eigenvalue weighted by Crippen LogP contribution is 2.47. The van der Waals surface area contributed by atoms with E-state index in [0.29, 0.717) is 34.9 Å². The number of benzene rings is 1. The second kappa shape index (κ2) is 8.27. The molecule has 1 aliphatic rings. The molecular weight excluding hydrogens is 357 g/mol. The number of nitrogens with zero attached hydrogens (tertiary/aromatic N) is 1. The molecule has 1 aliphatic carbocycles. The van der Waals surface area contributed by atoms with Crippen LogP contribution in [0, 0.1) is 18.2 Å². The van der Waals surface area contributed by atoms with Crippen LogP contribution in [0.15, 0.2) is 36.5 Å². The molecule has 5 nitrogen and oxygen atoms in total. The third-order valence-electron chi connectivity index (χ3n) is 4.00. The van der Waals surface area contributed by atoms with Gasteiger partial charge in [0, 0.05) is 5.69 Å². The molecule has 0 radical (unpaired) electrons. The Labute approximate surface area is 157 Å². The summed E-state index contributed by atoms with van der Waals surface area (Å²) in [6.07, 6.45) is 2.41. The first kappa shape index (κ1) is 19.8. The maximum absolute atomic E-state index is 12.9. The highest BCUT2D eigenvalue weighted by Gasteiger charge is 2.56. The van der Waals surface area contributed by atoms with E-state index in [4.69, 9.17) is 11.6 Å². The lowest BCUT2D eigenvalue weighted by atomic mass is 10.0. The normalized spacial score (nSPS) is 13.9. The second-order valence-corrected chi connectivity index (χ2v) is 6.20. The Balaban J connectivity index is 0.00000117. The molecule has 2 amide bonds. The van der Waals surface area contributed by atoms with Gasteiger partial charge >= 0.3 is 0 Å². The molecule has 0 atom stereocenters. The number of halogens is 2. The van der Waals surface area contributed by atoms with Crippen molar-refractivity contribution in [1.29, 1.82) is 0 Å². The molecule has 1 saturated carbocycles. The number of pyridine rings is 1. The van der Waals surface area contributed by atoms with Gasteiger partial charge in [-0.25, -0.2) is 4.39 Å². The Kier molecular flexibility index (Phi) is 6.32. The summed E-state index contributed by atoms with van der Waals surface area (Å²) in [4.78, 5) is 29.0. The Hall–Kier alpha value is -2.47. The Morgan fingerprint density at radius 2 is 1.62 bits per heavy atom. The molecule has 1 heterocycles. The monoisotopic (exact) mass is 377 g/mol. The SMILES string of the molecule is CC.Cc1ncc(NC(=O)C2(C(=O)Nc3ccc(F)cc3)CC2)cc1Cl. The van der Waals surface area contributed by atoms with Crippen LogP contribution in [0.5, 0.6) is 0 Å². The first-order valence-electron chi connectivity index (χ1n) is 8.41. The quantitative estimate of drug-likeness (QED) is 0.767. The number of hydrogen-bond acceptors (Lipinski definition) is 3. The number of hydrogen-bond donors (Lipinski definition) is 2. The highest BCUT2D eigenvalue weighted by atomic mass is 35.5. The number of carbonyl (C=O) groups excluding carboxylic acids is 2. The van der Waals surface area contributed by atoms with Gasteiger partial charge in [-0.3, -0.25) is 14.6 Å². The predicted octanol–water partition coefficient (Wildman–Crippen LogP) is 4.57. The third kappa shape index (κ3) is 4.38. The zero-order valence-electron chi connectivity index (χ0n) is 14.9. The smallest absolute Gasteiger partial charge is 0.240 e. The van der Waals surface area contributed by atoms with Crippen molar-refractivity contribution in [1.82, 2.24) is 4.98 Å². The minimum Gasteiger partial charge on any atom is -0.325 e. The van der Waals surface area contributed by atoms with E-state index in [1.54, 1.807) is 13.0 Å². The van der Waals surface area contributed by atoms with Gasteiger partial charge in [0.2, 0.25) is 11.8 Å². The van der Waals surface area contributed by atoms with Crippen molar-refractivity contribution < 1.29 is 14.0 Å². The molecule has 0 aliphatic heterocycles. The number of aryl methyl sites for hydroxylation is 1. The number of aromatic nitrogens is 1. The molecule has 7 heteroatoms. The molecular formula is C19H21ClFN3O2. The van der Waals surface area contributed by atoms with E-state index >= 15 is 0 Å². The fourth-order valence-corrected chi connectivity index (χ4v) is 2.46. The maximum Gasteiger partial charge on any atom is 0.240 e. The van der Waals surface area contributed by atoms with Gasteiger partial charge in [0.25, 0.3) is 0 Å². The molecule has 1 fully saturated rings. The number of anilines is 2. The highest BCUT2D eigenvalue weighted by molar-refractivity contribution is 6.31. The van der Waals surface area contributed by atoms with E-state index in [1.807, 2.05) is 13.8 Å². The molecule has 1 aromatic carbocycles. The average molecular weight is 378 g/mol. The molecule has 0 saturated heterocycles. The molecule has 0 spiro atoms. The summed E-state index contributed by atoms with van der Waals surface area (Å²) < 4.78 is 12.9. The molecule has 0 unspecified atom stereocenters. The number of rotatable bonds is 4. The van der Waals surface area contributed by atoms with Crippen molar-refractivity contribution in [2.45, 2.75) is 33.6 Å². The maximum atomic E-state index is 12.9. The van der Waals surface area contributed by atoms with Crippen LogP contribution < -0.4 is 10.6 Å². The van der Waals surface area contributed by atoms with Crippen molar-refractivity contribution >= 4 is 34.8 Å².